The van der Waals surface area contributed by atoms with Gasteiger partial charge in [-0.2, -0.15) is 0 Å². The van der Waals surface area contributed by atoms with Gasteiger partial charge in [0.2, 0.25) is 5.91 Å². The molecule has 1 aliphatic heterocycles. The Balaban J connectivity index is 2.79. The maximum absolute atomic E-state index is 11.9. The van der Waals surface area contributed by atoms with E-state index in [9.17, 15) is 14.4 Å². The zero-order valence-corrected chi connectivity index (χ0v) is 9.45. The highest BCUT2D eigenvalue weighted by molar-refractivity contribution is 5.99. The van der Waals surface area contributed by atoms with Gasteiger partial charge in [0.05, 0.1) is 12.6 Å². The number of nitrogens with zero attached hydrogens (tertiary/aromatic N) is 1. The third-order valence-electron chi connectivity index (χ3n) is 2.93. The van der Waals surface area contributed by atoms with Crippen molar-refractivity contribution < 1.29 is 14.4 Å². The lowest BCUT2D eigenvalue weighted by atomic mass is 10.1. The Bertz CT molecular complexity index is 298. The number of likely N-dealkylation sites (tertiary alicyclic amines) is 1. The van der Waals surface area contributed by atoms with Gasteiger partial charge in [-0.25, -0.2) is 0 Å². The molecule has 1 fully saturated rings. The molecule has 1 aliphatic rings. The summed E-state index contributed by atoms with van der Waals surface area (Å²) >= 11 is 0. The molecule has 0 unspecified atom stereocenters. The van der Waals surface area contributed by atoms with Crippen LogP contribution in [0.15, 0.2) is 0 Å². The highest BCUT2D eigenvalue weighted by atomic mass is 16.2. The van der Waals surface area contributed by atoms with E-state index in [0.29, 0.717) is 0 Å². The summed E-state index contributed by atoms with van der Waals surface area (Å²) in [6.45, 7) is 5.28. The first-order valence-corrected chi connectivity index (χ1v) is 5.30. The van der Waals surface area contributed by atoms with E-state index >= 15 is 0 Å². The molecule has 1 rings (SSSR count). The van der Waals surface area contributed by atoms with Gasteiger partial charge in [0.25, 0.3) is 0 Å². The fraction of sp³-hybridized carbons (Fsp3) is 0.727. The summed E-state index contributed by atoms with van der Waals surface area (Å²) in [5, 5.41) is 0. The van der Waals surface area contributed by atoms with E-state index < -0.39 is 6.04 Å². The van der Waals surface area contributed by atoms with Crippen LogP contribution < -0.4 is 0 Å². The van der Waals surface area contributed by atoms with Crippen molar-refractivity contribution in [1.82, 2.24) is 4.90 Å². The molecule has 0 bridgehead atoms. The number of ketones is 2. The highest BCUT2D eigenvalue weighted by Crippen LogP contribution is 2.19. The first kappa shape index (κ1) is 11.9. The normalized spacial score (nSPS) is 23.0. The summed E-state index contributed by atoms with van der Waals surface area (Å²) in [6.07, 6.45) is 0.922. The van der Waals surface area contributed by atoms with Crippen LogP contribution in [0.3, 0.4) is 0 Å². The second-order valence-electron chi connectivity index (χ2n) is 4.14. The quantitative estimate of drug-likeness (QED) is 0.693. The van der Waals surface area contributed by atoms with Crippen molar-refractivity contribution in [1.29, 1.82) is 0 Å². The van der Waals surface area contributed by atoms with Crippen molar-refractivity contribution in [2.24, 2.45) is 5.92 Å². The molecule has 2 atom stereocenters. The predicted octanol–water partition coefficient (Wildman–Crippen LogP) is 0.791. The lowest BCUT2D eigenvalue weighted by Gasteiger charge is -2.24. The first-order chi connectivity index (χ1) is 6.97. The number of carbonyl (C=O) groups excluding carboxylic acids is 3. The minimum Gasteiger partial charge on any atom is -0.325 e. The van der Waals surface area contributed by atoms with Crippen LogP contribution in [-0.4, -0.2) is 35.0 Å². The van der Waals surface area contributed by atoms with Crippen LogP contribution in [0.2, 0.25) is 0 Å². The average Bonchev–Trinajstić information content (AvgIpc) is 2.58. The Morgan fingerprint density at radius 3 is 2.60 bits per heavy atom. The molecule has 4 heteroatoms. The Morgan fingerprint density at radius 2 is 2.13 bits per heavy atom. The molecule has 0 spiro atoms. The van der Waals surface area contributed by atoms with Crippen LogP contribution in [0.5, 0.6) is 0 Å². The molecule has 4 nitrogen and oxygen atoms in total. The molecule has 15 heavy (non-hydrogen) atoms. The molecular formula is C11H17NO3. The van der Waals surface area contributed by atoms with Crippen molar-refractivity contribution in [2.45, 2.75) is 39.7 Å². The number of hydrogen-bond acceptors (Lipinski definition) is 3. The summed E-state index contributed by atoms with van der Waals surface area (Å²) in [4.78, 5) is 35.8. The smallest absolute Gasteiger partial charge is 0.226 e. The Kier molecular flexibility index (Phi) is 3.61. The minimum atomic E-state index is -0.515. The third-order valence-corrected chi connectivity index (χ3v) is 2.93. The van der Waals surface area contributed by atoms with Gasteiger partial charge in [0.15, 0.2) is 11.6 Å². The molecule has 0 aromatic heterocycles. The zero-order chi connectivity index (χ0) is 11.6. The number of hydrogen-bond donors (Lipinski definition) is 0. The average molecular weight is 211 g/mol. The van der Waals surface area contributed by atoms with Gasteiger partial charge in [-0.05, 0) is 13.3 Å². The van der Waals surface area contributed by atoms with E-state index in [1.54, 1.807) is 0 Å². The van der Waals surface area contributed by atoms with Crippen molar-refractivity contribution >= 4 is 17.5 Å². The first-order valence-electron chi connectivity index (χ1n) is 5.30. The molecule has 0 radical (unpaired) electrons. The van der Waals surface area contributed by atoms with E-state index in [2.05, 4.69) is 0 Å². The number of carbonyl (C=O) groups is 3. The zero-order valence-electron chi connectivity index (χ0n) is 9.45. The third kappa shape index (κ3) is 2.43. The van der Waals surface area contributed by atoms with Gasteiger partial charge in [0.1, 0.15) is 0 Å². The van der Waals surface area contributed by atoms with Gasteiger partial charge in [-0.15, -0.1) is 0 Å². The monoisotopic (exact) mass is 211 g/mol. The number of Topliss-reactive ketones (excluding diaryl/α,β-unsaturated/α-hetero) is 2. The van der Waals surface area contributed by atoms with Gasteiger partial charge in [0, 0.05) is 12.3 Å². The van der Waals surface area contributed by atoms with Crippen molar-refractivity contribution in [3.63, 3.8) is 0 Å². The fourth-order valence-corrected chi connectivity index (χ4v) is 1.74. The SMILES string of the molecule is CC[C@H](C)C(=O)N1CC(=O)C[C@H]1C(C)=O. The van der Waals surface area contributed by atoms with Gasteiger partial charge < -0.3 is 4.90 Å². The molecular weight excluding hydrogens is 194 g/mol. The topological polar surface area (TPSA) is 54.5 Å². The second-order valence-corrected chi connectivity index (χ2v) is 4.14. The van der Waals surface area contributed by atoms with E-state index in [4.69, 9.17) is 0 Å². The number of amides is 1. The van der Waals surface area contributed by atoms with E-state index in [1.807, 2.05) is 13.8 Å². The molecule has 0 N–H and O–H groups in total. The van der Waals surface area contributed by atoms with Gasteiger partial charge in [-0.3, -0.25) is 14.4 Å². The van der Waals surface area contributed by atoms with E-state index in [-0.39, 0.29) is 36.4 Å². The van der Waals surface area contributed by atoms with Crippen molar-refractivity contribution in [3.05, 3.63) is 0 Å². The molecule has 0 aromatic rings. The number of rotatable bonds is 3. The van der Waals surface area contributed by atoms with Crippen LogP contribution in [0.1, 0.15) is 33.6 Å². The largest absolute Gasteiger partial charge is 0.325 e. The summed E-state index contributed by atoms with van der Waals surface area (Å²) in [6, 6.07) is -0.515. The fourth-order valence-electron chi connectivity index (χ4n) is 1.74. The van der Waals surface area contributed by atoms with Crippen LogP contribution >= 0.6 is 0 Å². The minimum absolute atomic E-state index is 0.0214. The molecule has 1 heterocycles. The maximum Gasteiger partial charge on any atom is 0.226 e. The van der Waals surface area contributed by atoms with Gasteiger partial charge >= 0.3 is 0 Å². The summed E-state index contributed by atoms with van der Waals surface area (Å²) in [7, 11) is 0. The van der Waals surface area contributed by atoms with Crippen LogP contribution in [-0.2, 0) is 14.4 Å². The van der Waals surface area contributed by atoms with Crippen LogP contribution in [0.4, 0.5) is 0 Å². The highest BCUT2D eigenvalue weighted by Gasteiger charge is 2.37. The molecule has 0 aromatic carbocycles. The molecule has 0 saturated carbocycles. The maximum atomic E-state index is 11.9. The summed E-state index contributed by atoms with van der Waals surface area (Å²) in [5.41, 5.74) is 0. The summed E-state index contributed by atoms with van der Waals surface area (Å²) in [5.74, 6) is -0.314. The molecule has 0 aliphatic carbocycles. The standard InChI is InChI=1S/C11H17NO3/c1-4-7(2)11(15)12-6-9(14)5-10(12)8(3)13/h7,10H,4-6H2,1-3H3/t7-,10-/m0/s1. The van der Waals surface area contributed by atoms with Crippen molar-refractivity contribution in [3.8, 4) is 0 Å². The Morgan fingerprint density at radius 1 is 1.53 bits per heavy atom. The van der Waals surface area contributed by atoms with E-state index in [0.717, 1.165) is 6.42 Å². The van der Waals surface area contributed by atoms with Crippen LogP contribution in [0.25, 0.3) is 0 Å². The van der Waals surface area contributed by atoms with Gasteiger partial charge in [-0.1, -0.05) is 13.8 Å². The Labute approximate surface area is 89.6 Å². The molecule has 84 valence electrons. The molecule has 1 saturated heterocycles. The summed E-state index contributed by atoms with van der Waals surface area (Å²) < 4.78 is 0. The van der Waals surface area contributed by atoms with Crippen LogP contribution in [0, 0.1) is 5.92 Å². The second kappa shape index (κ2) is 4.55. The lowest BCUT2D eigenvalue weighted by molar-refractivity contribution is -0.140. The predicted molar refractivity (Wildman–Crippen MR) is 55.3 cm³/mol. The Hall–Kier alpha value is -1.19. The molecule has 1 amide bonds. The van der Waals surface area contributed by atoms with E-state index in [1.165, 1.54) is 11.8 Å². The lowest BCUT2D eigenvalue weighted by Crippen LogP contribution is -2.42. The van der Waals surface area contributed by atoms with Crippen molar-refractivity contribution in [2.75, 3.05) is 6.54 Å².